The van der Waals surface area contributed by atoms with Gasteiger partial charge in [0.15, 0.2) is 0 Å². The Hall–Kier alpha value is -2.15. The Kier molecular flexibility index (Phi) is 5.10. The van der Waals surface area contributed by atoms with Crippen LogP contribution in [-0.2, 0) is 4.74 Å². The number of pyridine rings is 1. The maximum absolute atomic E-state index is 11.8. The summed E-state index contributed by atoms with van der Waals surface area (Å²) in [5.41, 5.74) is 6.41. The van der Waals surface area contributed by atoms with Gasteiger partial charge in [-0.25, -0.2) is 14.8 Å². The van der Waals surface area contributed by atoms with Crippen molar-refractivity contribution in [3.63, 3.8) is 0 Å². The molecule has 1 atom stereocenters. The van der Waals surface area contributed by atoms with Crippen molar-refractivity contribution < 1.29 is 9.53 Å². The second kappa shape index (κ2) is 7.03. The molecule has 0 saturated heterocycles. The maximum Gasteiger partial charge on any atom is 0.340 e. The molecule has 3 N–H and O–H groups in total. The average Bonchev–Trinajstić information content (AvgIpc) is 3.00. The molecule has 0 saturated carbocycles. The summed E-state index contributed by atoms with van der Waals surface area (Å²) in [7, 11) is 0. The molecule has 7 heteroatoms. The molecule has 0 aromatic carbocycles. The van der Waals surface area contributed by atoms with Gasteiger partial charge < -0.3 is 15.8 Å². The largest absolute Gasteiger partial charge is 0.462 e. The Bertz CT molecular complexity index is 601. The van der Waals surface area contributed by atoms with Crippen molar-refractivity contribution in [1.82, 2.24) is 9.97 Å². The van der Waals surface area contributed by atoms with Gasteiger partial charge in [-0.15, -0.1) is 11.3 Å². The third-order valence-electron chi connectivity index (χ3n) is 2.91. The lowest BCUT2D eigenvalue weighted by Gasteiger charge is -2.16. The fourth-order valence-corrected chi connectivity index (χ4v) is 2.63. The van der Waals surface area contributed by atoms with Crippen LogP contribution in [-0.4, -0.2) is 22.5 Å². The Morgan fingerprint density at radius 1 is 1.48 bits per heavy atom. The lowest BCUT2D eigenvalue weighted by molar-refractivity contribution is 0.0527. The van der Waals surface area contributed by atoms with E-state index in [0.717, 1.165) is 11.4 Å². The lowest BCUT2D eigenvalue weighted by atomic mass is 10.2. The molecule has 2 aromatic heterocycles. The van der Waals surface area contributed by atoms with Crippen LogP contribution in [0.4, 0.5) is 11.5 Å². The van der Waals surface area contributed by atoms with Crippen LogP contribution in [0, 0.1) is 0 Å². The van der Waals surface area contributed by atoms with Gasteiger partial charge in [0.25, 0.3) is 0 Å². The van der Waals surface area contributed by atoms with Crippen LogP contribution in [0.25, 0.3) is 0 Å². The second-order valence-electron chi connectivity index (χ2n) is 4.35. The summed E-state index contributed by atoms with van der Waals surface area (Å²) in [4.78, 5) is 20.3. The number of esters is 1. The summed E-state index contributed by atoms with van der Waals surface area (Å²) < 4.78 is 4.98. The van der Waals surface area contributed by atoms with Crippen LogP contribution in [0.5, 0.6) is 0 Å². The van der Waals surface area contributed by atoms with Crippen molar-refractivity contribution in [1.29, 1.82) is 0 Å². The Morgan fingerprint density at radius 3 is 2.90 bits per heavy atom. The van der Waals surface area contributed by atoms with Crippen LogP contribution in [0.2, 0.25) is 0 Å². The number of nitrogen functional groups attached to an aromatic ring is 1. The monoisotopic (exact) mass is 306 g/mol. The molecule has 21 heavy (non-hydrogen) atoms. The van der Waals surface area contributed by atoms with Crippen LogP contribution in [0.15, 0.2) is 23.8 Å². The summed E-state index contributed by atoms with van der Waals surface area (Å²) in [6, 6.07) is 1.67. The van der Waals surface area contributed by atoms with Crippen molar-refractivity contribution in [2.24, 2.45) is 0 Å². The van der Waals surface area contributed by atoms with E-state index >= 15 is 0 Å². The molecule has 112 valence electrons. The first-order chi connectivity index (χ1) is 10.2. The highest BCUT2D eigenvalue weighted by molar-refractivity contribution is 7.09. The molecular weight excluding hydrogens is 288 g/mol. The number of carbonyl (C=O) groups excluding carboxylic acids is 1. The normalized spacial score (nSPS) is 11.9. The predicted molar refractivity (Wildman–Crippen MR) is 83.4 cm³/mol. The Morgan fingerprint density at radius 2 is 2.29 bits per heavy atom. The Labute approximate surface area is 127 Å². The van der Waals surface area contributed by atoms with E-state index < -0.39 is 5.97 Å². The van der Waals surface area contributed by atoms with Crippen LogP contribution in [0.3, 0.4) is 0 Å². The van der Waals surface area contributed by atoms with Crippen LogP contribution in [0.1, 0.15) is 41.7 Å². The summed E-state index contributed by atoms with van der Waals surface area (Å²) >= 11 is 1.58. The van der Waals surface area contributed by atoms with Crippen molar-refractivity contribution in [2.45, 2.75) is 26.3 Å². The zero-order valence-electron chi connectivity index (χ0n) is 12.0. The number of ether oxygens (including phenoxy) is 1. The summed E-state index contributed by atoms with van der Waals surface area (Å²) in [6.07, 6.45) is 4.09. The van der Waals surface area contributed by atoms with E-state index in [-0.39, 0.29) is 6.04 Å². The van der Waals surface area contributed by atoms with Crippen molar-refractivity contribution in [3.05, 3.63) is 34.4 Å². The highest BCUT2D eigenvalue weighted by atomic mass is 32.1. The van der Waals surface area contributed by atoms with E-state index in [1.54, 1.807) is 30.5 Å². The molecule has 0 fully saturated rings. The first kappa shape index (κ1) is 15.2. The molecule has 0 amide bonds. The zero-order valence-corrected chi connectivity index (χ0v) is 12.8. The molecule has 0 aliphatic heterocycles. The number of nitrogens with zero attached hydrogens (tertiary/aromatic N) is 2. The molecule has 0 radical (unpaired) electrons. The smallest absolute Gasteiger partial charge is 0.340 e. The summed E-state index contributed by atoms with van der Waals surface area (Å²) in [5, 5.41) is 6.18. The number of nitrogens with two attached hydrogens (primary N) is 1. The fraction of sp³-hybridized carbons (Fsp3) is 0.357. The third kappa shape index (κ3) is 3.69. The average molecular weight is 306 g/mol. The highest BCUT2D eigenvalue weighted by Gasteiger charge is 2.16. The van der Waals surface area contributed by atoms with E-state index in [0.29, 0.717) is 23.7 Å². The molecular formula is C14H18N4O2S. The third-order valence-corrected chi connectivity index (χ3v) is 3.80. The van der Waals surface area contributed by atoms with E-state index in [1.165, 1.54) is 6.20 Å². The quantitative estimate of drug-likeness (QED) is 0.798. The Balaban J connectivity index is 2.20. The predicted octanol–water partition coefficient (Wildman–Crippen LogP) is 2.86. The lowest BCUT2D eigenvalue weighted by Crippen LogP contribution is -2.13. The van der Waals surface area contributed by atoms with Gasteiger partial charge in [0.2, 0.25) is 0 Å². The number of thiazole rings is 1. The summed E-state index contributed by atoms with van der Waals surface area (Å²) in [6.45, 7) is 4.12. The standard InChI is InChI=1S/C14H18N4O2S/c1-3-11(13-16-5-6-21-13)18-12-7-9(10(15)8-17-12)14(19)20-4-2/h5-8,11H,3-4,15H2,1-2H3,(H,17,18). The van der Waals surface area contributed by atoms with Gasteiger partial charge in [-0.2, -0.15) is 0 Å². The van der Waals surface area contributed by atoms with Crippen molar-refractivity contribution >= 4 is 28.8 Å². The number of aromatic nitrogens is 2. The van der Waals surface area contributed by atoms with Crippen molar-refractivity contribution in [2.75, 3.05) is 17.7 Å². The molecule has 0 bridgehead atoms. The highest BCUT2D eigenvalue weighted by Crippen LogP contribution is 2.24. The minimum atomic E-state index is -0.442. The first-order valence-electron chi connectivity index (χ1n) is 6.74. The van der Waals surface area contributed by atoms with Gasteiger partial charge in [-0.3, -0.25) is 0 Å². The van der Waals surface area contributed by atoms with Gasteiger partial charge in [0.1, 0.15) is 10.8 Å². The SMILES string of the molecule is CCOC(=O)c1cc(NC(CC)c2nccs2)ncc1N. The number of hydrogen-bond donors (Lipinski definition) is 2. The minimum absolute atomic E-state index is 0.0520. The first-order valence-corrected chi connectivity index (χ1v) is 7.62. The molecule has 0 aliphatic carbocycles. The number of nitrogens with one attached hydrogen (secondary N) is 1. The van der Waals surface area contributed by atoms with Gasteiger partial charge in [0.05, 0.1) is 30.1 Å². The number of anilines is 2. The fourth-order valence-electron chi connectivity index (χ4n) is 1.85. The minimum Gasteiger partial charge on any atom is -0.462 e. The molecule has 0 spiro atoms. The number of rotatable bonds is 6. The van der Waals surface area contributed by atoms with Gasteiger partial charge in [0, 0.05) is 11.6 Å². The molecule has 2 rings (SSSR count). The maximum atomic E-state index is 11.8. The van der Waals surface area contributed by atoms with E-state index in [9.17, 15) is 4.79 Å². The zero-order chi connectivity index (χ0) is 15.2. The topological polar surface area (TPSA) is 90.1 Å². The van der Waals surface area contributed by atoms with E-state index in [2.05, 4.69) is 22.2 Å². The molecule has 2 heterocycles. The van der Waals surface area contributed by atoms with Crippen LogP contribution < -0.4 is 11.1 Å². The van der Waals surface area contributed by atoms with Crippen molar-refractivity contribution in [3.8, 4) is 0 Å². The number of carbonyl (C=O) groups is 1. The molecule has 1 unspecified atom stereocenters. The number of hydrogen-bond acceptors (Lipinski definition) is 7. The molecule has 2 aromatic rings. The van der Waals surface area contributed by atoms with Gasteiger partial charge >= 0.3 is 5.97 Å². The van der Waals surface area contributed by atoms with Gasteiger partial charge in [-0.05, 0) is 19.4 Å². The van der Waals surface area contributed by atoms with E-state index in [1.807, 2.05) is 5.38 Å². The summed E-state index contributed by atoms with van der Waals surface area (Å²) in [5.74, 6) is 0.136. The molecule has 0 aliphatic rings. The van der Waals surface area contributed by atoms with Gasteiger partial charge in [-0.1, -0.05) is 6.92 Å². The van der Waals surface area contributed by atoms with E-state index in [4.69, 9.17) is 10.5 Å². The second-order valence-corrected chi connectivity index (χ2v) is 5.28. The molecule has 6 nitrogen and oxygen atoms in total. The van der Waals surface area contributed by atoms with Crippen LogP contribution >= 0.6 is 11.3 Å².